The molecule has 0 saturated carbocycles. The molecule has 0 atom stereocenters. The Hall–Kier alpha value is -1.12. The Balaban J connectivity index is 2.72. The summed E-state index contributed by atoms with van der Waals surface area (Å²) >= 11 is 0. The first-order valence-electron chi connectivity index (χ1n) is 4.25. The second-order valence-electron chi connectivity index (χ2n) is 2.88. The van der Waals surface area contributed by atoms with E-state index >= 15 is 0 Å². The van der Waals surface area contributed by atoms with E-state index in [4.69, 9.17) is 0 Å². The molecule has 0 bridgehead atoms. The Kier molecular flexibility index (Phi) is 3.02. The maximum atomic E-state index is 10.5. The summed E-state index contributed by atoms with van der Waals surface area (Å²) in [5, 5.41) is 0. The minimum absolute atomic E-state index is 0.654. The standard InChI is InChI=1S/C9H14N2O/c1-3-4-5-9-10-6-8(7-12)11(9)2/h6-7H,3-5H2,1-2H3. The van der Waals surface area contributed by atoms with Crippen molar-refractivity contribution in [1.82, 2.24) is 9.55 Å². The lowest BCUT2D eigenvalue weighted by Gasteiger charge is -2.00. The Morgan fingerprint density at radius 2 is 2.42 bits per heavy atom. The summed E-state index contributed by atoms with van der Waals surface area (Å²) in [6.07, 6.45) is 5.70. The molecule has 1 rings (SSSR count). The van der Waals surface area contributed by atoms with Crippen LogP contribution in [0, 0.1) is 0 Å². The van der Waals surface area contributed by atoms with Gasteiger partial charge >= 0.3 is 0 Å². The molecule has 0 radical (unpaired) electrons. The van der Waals surface area contributed by atoms with Crippen LogP contribution in [-0.4, -0.2) is 15.8 Å². The van der Waals surface area contributed by atoms with E-state index in [9.17, 15) is 4.79 Å². The van der Waals surface area contributed by atoms with Gasteiger partial charge < -0.3 is 4.57 Å². The SMILES string of the molecule is CCCCc1ncc(C=O)n1C. The van der Waals surface area contributed by atoms with Gasteiger partial charge in [0.05, 0.1) is 6.20 Å². The lowest BCUT2D eigenvalue weighted by Crippen LogP contribution is -2.00. The molecular weight excluding hydrogens is 152 g/mol. The molecule has 3 nitrogen and oxygen atoms in total. The normalized spacial score (nSPS) is 10.2. The van der Waals surface area contributed by atoms with E-state index in [1.165, 1.54) is 0 Å². The van der Waals surface area contributed by atoms with E-state index in [0.29, 0.717) is 5.69 Å². The molecule has 0 aliphatic carbocycles. The van der Waals surface area contributed by atoms with Gasteiger partial charge in [0.25, 0.3) is 0 Å². The largest absolute Gasteiger partial charge is 0.329 e. The average Bonchev–Trinajstić information content (AvgIpc) is 2.43. The Labute approximate surface area is 72.4 Å². The highest BCUT2D eigenvalue weighted by molar-refractivity contribution is 5.71. The van der Waals surface area contributed by atoms with Gasteiger partial charge in [-0.25, -0.2) is 4.98 Å². The maximum absolute atomic E-state index is 10.5. The summed E-state index contributed by atoms with van der Waals surface area (Å²) in [4.78, 5) is 14.6. The second kappa shape index (κ2) is 4.04. The van der Waals surface area contributed by atoms with Crippen molar-refractivity contribution in [3.63, 3.8) is 0 Å². The fourth-order valence-electron chi connectivity index (χ4n) is 1.14. The minimum atomic E-state index is 0.654. The van der Waals surface area contributed by atoms with Crippen molar-refractivity contribution in [3.8, 4) is 0 Å². The van der Waals surface area contributed by atoms with Crippen LogP contribution < -0.4 is 0 Å². The van der Waals surface area contributed by atoms with E-state index in [0.717, 1.165) is 31.4 Å². The number of hydrogen-bond acceptors (Lipinski definition) is 2. The maximum Gasteiger partial charge on any atom is 0.168 e. The summed E-state index contributed by atoms with van der Waals surface area (Å²) in [5.41, 5.74) is 0.654. The van der Waals surface area contributed by atoms with Crippen molar-refractivity contribution in [2.75, 3.05) is 0 Å². The summed E-state index contributed by atoms with van der Waals surface area (Å²) in [6.45, 7) is 2.14. The van der Waals surface area contributed by atoms with Crippen LogP contribution in [-0.2, 0) is 13.5 Å². The van der Waals surface area contributed by atoms with E-state index < -0.39 is 0 Å². The number of carbonyl (C=O) groups is 1. The van der Waals surface area contributed by atoms with Gasteiger partial charge in [-0.1, -0.05) is 13.3 Å². The average molecular weight is 166 g/mol. The van der Waals surface area contributed by atoms with E-state index in [1.807, 2.05) is 11.6 Å². The third-order valence-electron chi connectivity index (χ3n) is 1.99. The number of imidazole rings is 1. The molecule has 0 unspecified atom stereocenters. The van der Waals surface area contributed by atoms with Crippen LogP contribution in [0.4, 0.5) is 0 Å². The number of aldehydes is 1. The number of unbranched alkanes of at least 4 members (excludes halogenated alkanes) is 1. The summed E-state index contributed by atoms with van der Waals surface area (Å²) in [5.74, 6) is 0.999. The fourth-order valence-corrected chi connectivity index (χ4v) is 1.14. The lowest BCUT2D eigenvalue weighted by atomic mass is 10.2. The summed E-state index contributed by atoms with van der Waals surface area (Å²) in [6, 6.07) is 0. The number of aromatic nitrogens is 2. The molecule has 0 saturated heterocycles. The van der Waals surface area contributed by atoms with Crippen LogP contribution >= 0.6 is 0 Å². The predicted octanol–water partition coefficient (Wildman–Crippen LogP) is 1.58. The Morgan fingerprint density at radius 1 is 1.67 bits per heavy atom. The van der Waals surface area contributed by atoms with Crippen LogP contribution in [0.2, 0.25) is 0 Å². The van der Waals surface area contributed by atoms with Crippen LogP contribution in [0.3, 0.4) is 0 Å². The van der Waals surface area contributed by atoms with Crippen molar-refractivity contribution in [2.45, 2.75) is 26.2 Å². The number of rotatable bonds is 4. The quantitative estimate of drug-likeness (QED) is 0.636. The molecule has 0 N–H and O–H groups in total. The highest BCUT2D eigenvalue weighted by Gasteiger charge is 2.03. The Bertz CT molecular complexity index is 265. The van der Waals surface area contributed by atoms with Crippen molar-refractivity contribution < 1.29 is 4.79 Å². The topological polar surface area (TPSA) is 34.9 Å². The van der Waals surface area contributed by atoms with E-state index in [1.54, 1.807) is 6.20 Å². The predicted molar refractivity (Wildman–Crippen MR) is 47.2 cm³/mol. The van der Waals surface area contributed by atoms with E-state index in [-0.39, 0.29) is 0 Å². The number of carbonyl (C=O) groups excluding carboxylic acids is 1. The smallest absolute Gasteiger partial charge is 0.168 e. The van der Waals surface area contributed by atoms with Gasteiger partial charge in [-0.15, -0.1) is 0 Å². The first kappa shape index (κ1) is 8.97. The number of nitrogens with zero attached hydrogens (tertiary/aromatic N) is 2. The molecule has 3 heteroatoms. The van der Waals surface area contributed by atoms with Gasteiger partial charge in [-0.2, -0.15) is 0 Å². The molecule has 12 heavy (non-hydrogen) atoms. The molecule has 0 aliphatic rings. The van der Waals surface area contributed by atoms with Crippen LogP contribution in [0.5, 0.6) is 0 Å². The molecule has 0 aliphatic heterocycles. The molecule has 1 aromatic heterocycles. The van der Waals surface area contributed by atoms with Gasteiger partial charge in [-0.05, 0) is 6.42 Å². The zero-order valence-electron chi connectivity index (χ0n) is 7.58. The molecule has 0 aromatic carbocycles. The molecule has 1 heterocycles. The molecule has 1 aromatic rings. The molecule has 66 valence electrons. The monoisotopic (exact) mass is 166 g/mol. The number of hydrogen-bond donors (Lipinski definition) is 0. The van der Waals surface area contributed by atoms with Gasteiger partial charge in [-0.3, -0.25) is 4.79 Å². The molecule has 0 fully saturated rings. The van der Waals surface area contributed by atoms with Crippen LogP contribution in [0.25, 0.3) is 0 Å². The summed E-state index contributed by atoms with van der Waals surface area (Å²) < 4.78 is 1.85. The molecular formula is C9H14N2O. The zero-order chi connectivity index (χ0) is 8.97. The highest BCUT2D eigenvalue weighted by atomic mass is 16.1. The van der Waals surface area contributed by atoms with Gasteiger partial charge in [0.2, 0.25) is 0 Å². The first-order valence-corrected chi connectivity index (χ1v) is 4.25. The molecule has 0 spiro atoms. The van der Waals surface area contributed by atoms with Gasteiger partial charge in [0.15, 0.2) is 6.29 Å². The molecule has 0 amide bonds. The highest BCUT2D eigenvalue weighted by Crippen LogP contribution is 2.04. The van der Waals surface area contributed by atoms with Crippen molar-refractivity contribution in [2.24, 2.45) is 7.05 Å². The van der Waals surface area contributed by atoms with Crippen LogP contribution in [0.1, 0.15) is 36.1 Å². The van der Waals surface area contributed by atoms with Gasteiger partial charge in [0, 0.05) is 13.5 Å². The number of aryl methyl sites for hydroxylation is 1. The first-order chi connectivity index (χ1) is 5.79. The Morgan fingerprint density at radius 3 is 2.92 bits per heavy atom. The van der Waals surface area contributed by atoms with Crippen molar-refractivity contribution >= 4 is 6.29 Å². The van der Waals surface area contributed by atoms with E-state index in [2.05, 4.69) is 11.9 Å². The van der Waals surface area contributed by atoms with Crippen molar-refractivity contribution in [1.29, 1.82) is 0 Å². The zero-order valence-corrected chi connectivity index (χ0v) is 7.58. The van der Waals surface area contributed by atoms with Crippen LogP contribution in [0.15, 0.2) is 6.20 Å². The fraction of sp³-hybridized carbons (Fsp3) is 0.556. The third kappa shape index (κ3) is 1.72. The lowest BCUT2D eigenvalue weighted by molar-refractivity contribution is 0.111. The minimum Gasteiger partial charge on any atom is -0.329 e. The second-order valence-corrected chi connectivity index (χ2v) is 2.88. The summed E-state index contributed by atoms with van der Waals surface area (Å²) in [7, 11) is 1.88. The van der Waals surface area contributed by atoms with Gasteiger partial charge in [0.1, 0.15) is 11.5 Å². The van der Waals surface area contributed by atoms with Crippen molar-refractivity contribution in [3.05, 3.63) is 17.7 Å². The third-order valence-corrected chi connectivity index (χ3v) is 1.99.